The predicted octanol–water partition coefficient (Wildman–Crippen LogP) is 5.04. The summed E-state index contributed by atoms with van der Waals surface area (Å²) >= 11 is 7.56. The first-order valence-electron chi connectivity index (χ1n) is 9.39. The van der Waals surface area contributed by atoms with Crippen molar-refractivity contribution in [1.82, 2.24) is 4.98 Å². The first kappa shape index (κ1) is 20.8. The van der Waals surface area contributed by atoms with Gasteiger partial charge < -0.3 is 15.8 Å². The minimum atomic E-state index is -0.660. The molecule has 0 unspecified atom stereocenters. The van der Waals surface area contributed by atoms with Crippen molar-refractivity contribution in [3.05, 3.63) is 76.8 Å². The van der Waals surface area contributed by atoms with E-state index in [9.17, 15) is 9.59 Å². The molecule has 0 radical (unpaired) electrons. The number of primary amides is 1. The summed E-state index contributed by atoms with van der Waals surface area (Å²) in [6, 6.07) is 18.0. The number of amides is 2. The fourth-order valence-corrected chi connectivity index (χ4v) is 4.24. The van der Waals surface area contributed by atoms with Gasteiger partial charge in [-0.15, -0.1) is 11.3 Å². The zero-order valence-corrected chi connectivity index (χ0v) is 18.1. The number of aromatic nitrogens is 1. The average molecular weight is 452 g/mol. The van der Waals surface area contributed by atoms with Crippen molar-refractivity contribution in [2.45, 2.75) is 6.92 Å². The van der Waals surface area contributed by atoms with Crippen molar-refractivity contribution in [2.24, 2.45) is 5.73 Å². The molecule has 0 fully saturated rings. The second kappa shape index (κ2) is 8.75. The van der Waals surface area contributed by atoms with E-state index >= 15 is 0 Å². The molecule has 0 spiro atoms. The molecule has 0 aliphatic rings. The number of rotatable bonds is 6. The second-order valence-corrected chi connectivity index (χ2v) is 8.38. The Hall–Kier alpha value is -3.42. The lowest BCUT2D eigenvalue weighted by molar-refractivity contribution is -0.118. The largest absolute Gasteiger partial charge is 0.483 e. The van der Waals surface area contributed by atoms with Crippen molar-refractivity contribution in [1.29, 1.82) is 0 Å². The number of nitrogens with zero attached hydrogens (tertiary/aromatic N) is 1. The highest BCUT2D eigenvalue weighted by Gasteiger charge is 2.12. The lowest BCUT2D eigenvalue weighted by Crippen LogP contribution is -2.21. The van der Waals surface area contributed by atoms with Gasteiger partial charge in [0.05, 0.1) is 15.8 Å². The number of hydrogen-bond donors (Lipinski definition) is 2. The maximum absolute atomic E-state index is 12.3. The van der Waals surface area contributed by atoms with E-state index in [-0.39, 0.29) is 23.8 Å². The van der Waals surface area contributed by atoms with Gasteiger partial charge in [-0.2, -0.15) is 0 Å². The van der Waals surface area contributed by atoms with Gasteiger partial charge in [-0.25, -0.2) is 4.98 Å². The standard InChI is InChI=1S/C23H18ClN3O3S/c1-13-2-9-18-20(10-13)31-23(27-18)14-3-6-16(7-4-14)26-21(28)12-30-19-11-15(24)5-8-17(19)22(25)29/h2-11H,12H2,1H3,(H2,25,29)(H,26,28). The zero-order chi connectivity index (χ0) is 22.0. The van der Waals surface area contributed by atoms with Crippen LogP contribution < -0.4 is 15.8 Å². The number of thiazole rings is 1. The first-order valence-corrected chi connectivity index (χ1v) is 10.6. The van der Waals surface area contributed by atoms with Crippen LogP contribution in [0.4, 0.5) is 5.69 Å². The van der Waals surface area contributed by atoms with Crippen LogP contribution in [0.1, 0.15) is 15.9 Å². The van der Waals surface area contributed by atoms with Crippen LogP contribution in [0.15, 0.2) is 60.7 Å². The van der Waals surface area contributed by atoms with E-state index in [1.807, 2.05) is 24.3 Å². The molecule has 0 saturated carbocycles. The van der Waals surface area contributed by atoms with Crippen LogP contribution in [0.5, 0.6) is 5.75 Å². The molecule has 0 aliphatic heterocycles. The molecule has 1 aromatic heterocycles. The third-order valence-electron chi connectivity index (χ3n) is 4.53. The highest BCUT2D eigenvalue weighted by Crippen LogP contribution is 2.31. The molecule has 6 nitrogen and oxygen atoms in total. The molecule has 3 N–H and O–H groups in total. The van der Waals surface area contributed by atoms with Crippen molar-refractivity contribution >= 4 is 50.7 Å². The molecular formula is C23H18ClN3O3S. The van der Waals surface area contributed by atoms with E-state index in [1.165, 1.54) is 23.8 Å². The van der Waals surface area contributed by atoms with Crippen LogP contribution >= 0.6 is 22.9 Å². The van der Waals surface area contributed by atoms with Crippen LogP contribution in [0.2, 0.25) is 5.02 Å². The molecule has 4 rings (SSSR count). The third kappa shape index (κ3) is 4.84. The summed E-state index contributed by atoms with van der Waals surface area (Å²) in [5, 5.41) is 4.05. The van der Waals surface area contributed by atoms with Gasteiger partial charge in [0.2, 0.25) is 0 Å². The Morgan fingerprint density at radius 2 is 1.87 bits per heavy atom. The molecule has 1 heterocycles. The molecular weight excluding hydrogens is 434 g/mol. The number of aryl methyl sites for hydroxylation is 1. The van der Waals surface area contributed by atoms with E-state index in [0.29, 0.717) is 10.7 Å². The van der Waals surface area contributed by atoms with Crippen LogP contribution in [-0.4, -0.2) is 23.4 Å². The van der Waals surface area contributed by atoms with E-state index in [4.69, 9.17) is 22.1 Å². The second-order valence-electron chi connectivity index (χ2n) is 6.91. The number of carbonyl (C=O) groups excluding carboxylic acids is 2. The van der Waals surface area contributed by atoms with Gasteiger partial charge in [-0.3, -0.25) is 9.59 Å². The number of nitrogens with one attached hydrogen (secondary N) is 1. The summed E-state index contributed by atoms with van der Waals surface area (Å²) in [5.41, 5.74) is 9.24. The third-order valence-corrected chi connectivity index (χ3v) is 5.83. The highest BCUT2D eigenvalue weighted by molar-refractivity contribution is 7.21. The van der Waals surface area contributed by atoms with Gasteiger partial charge in [-0.1, -0.05) is 17.7 Å². The highest BCUT2D eigenvalue weighted by atomic mass is 35.5. The normalized spacial score (nSPS) is 10.8. The SMILES string of the molecule is Cc1ccc2nc(-c3ccc(NC(=O)COc4cc(Cl)ccc4C(N)=O)cc3)sc2c1. The fraction of sp³-hybridized carbons (Fsp3) is 0.0870. The van der Waals surface area contributed by atoms with Crippen molar-refractivity contribution < 1.29 is 14.3 Å². The van der Waals surface area contributed by atoms with Gasteiger partial charge in [0.1, 0.15) is 10.8 Å². The molecule has 4 aromatic rings. The Morgan fingerprint density at radius 1 is 1.10 bits per heavy atom. The maximum atomic E-state index is 12.3. The monoisotopic (exact) mass is 451 g/mol. The number of hydrogen-bond acceptors (Lipinski definition) is 5. The van der Waals surface area contributed by atoms with Crippen molar-refractivity contribution in [3.8, 4) is 16.3 Å². The van der Waals surface area contributed by atoms with Crippen LogP contribution in [0.3, 0.4) is 0 Å². The average Bonchev–Trinajstić information content (AvgIpc) is 3.16. The molecule has 3 aromatic carbocycles. The molecule has 31 heavy (non-hydrogen) atoms. The van der Waals surface area contributed by atoms with E-state index in [1.54, 1.807) is 23.5 Å². The Balaban J connectivity index is 1.41. The molecule has 0 bridgehead atoms. The Morgan fingerprint density at radius 3 is 2.61 bits per heavy atom. The summed E-state index contributed by atoms with van der Waals surface area (Å²) in [4.78, 5) is 28.4. The number of anilines is 1. The minimum Gasteiger partial charge on any atom is -0.483 e. The summed E-state index contributed by atoms with van der Waals surface area (Å²) in [6.07, 6.45) is 0. The Bertz CT molecular complexity index is 1290. The van der Waals surface area contributed by atoms with E-state index in [0.717, 1.165) is 20.8 Å². The van der Waals surface area contributed by atoms with Crippen LogP contribution in [0.25, 0.3) is 20.8 Å². The number of nitrogens with two attached hydrogens (primary N) is 1. The smallest absolute Gasteiger partial charge is 0.262 e. The topological polar surface area (TPSA) is 94.3 Å². The van der Waals surface area contributed by atoms with E-state index in [2.05, 4.69) is 23.3 Å². The fourth-order valence-electron chi connectivity index (χ4n) is 3.01. The van der Waals surface area contributed by atoms with Crippen molar-refractivity contribution in [2.75, 3.05) is 11.9 Å². The quantitative estimate of drug-likeness (QED) is 0.429. The first-order chi connectivity index (χ1) is 14.9. The molecule has 0 saturated heterocycles. The van der Waals surface area contributed by atoms with Crippen molar-refractivity contribution in [3.63, 3.8) is 0 Å². The lowest BCUT2D eigenvalue weighted by atomic mass is 10.2. The predicted molar refractivity (Wildman–Crippen MR) is 124 cm³/mol. The summed E-state index contributed by atoms with van der Waals surface area (Å²) in [6.45, 7) is 1.76. The maximum Gasteiger partial charge on any atom is 0.262 e. The molecule has 8 heteroatoms. The minimum absolute atomic E-state index is 0.160. The number of carbonyl (C=O) groups is 2. The zero-order valence-electron chi connectivity index (χ0n) is 16.5. The molecule has 2 amide bonds. The summed E-state index contributed by atoms with van der Waals surface area (Å²) < 4.78 is 6.58. The van der Waals surface area contributed by atoms with Gasteiger partial charge in [-0.05, 0) is 67.1 Å². The number of fused-ring (bicyclic) bond motifs is 1. The van der Waals surface area contributed by atoms with Crippen LogP contribution in [-0.2, 0) is 4.79 Å². The van der Waals surface area contributed by atoms with E-state index < -0.39 is 5.91 Å². The number of halogens is 1. The van der Waals surface area contributed by atoms with Crippen LogP contribution in [0, 0.1) is 6.92 Å². The molecule has 0 atom stereocenters. The molecule has 156 valence electrons. The summed E-state index contributed by atoms with van der Waals surface area (Å²) in [7, 11) is 0. The number of ether oxygens (including phenoxy) is 1. The van der Waals surface area contributed by atoms with Gasteiger partial charge in [0.15, 0.2) is 6.61 Å². The number of benzene rings is 3. The van der Waals surface area contributed by atoms with Gasteiger partial charge >= 0.3 is 0 Å². The lowest BCUT2D eigenvalue weighted by Gasteiger charge is -2.10. The molecule has 0 aliphatic carbocycles. The Kier molecular flexibility index (Phi) is 5.88. The van der Waals surface area contributed by atoms with Gasteiger partial charge in [0.25, 0.3) is 11.8 Å². The Labute approximate surface area is 187 Å². The summed E-state index contributed by atoms with van der Waals surface area (Å²) in [5.74, 6) is -0.872. The van der Waals surface area contributed by atoms with Gasteiger partial charge in [0, 0.05) is 16.3 Å².